The van der Waals surface area contributed by atoms with Crippen LogP contribution in [0, 0.1) is 0 Å². The predicted octanol–water partition coefficient (Wildman–Crippen LogP) is 4.33. The summed E-state index contributed by atoms with van der Waals surface area (Å²) in [7, 11) is 1.23. The Bertz CT molecular complexity index is 1160. The first-order valence-corrected chi connectivity index (χ1v) is 11.1. The molecule has 148 valence electrons. The number of halogens is 1. The molecule has 0 amide bonds. The minimum atomic E-state index is -4.36. The van der Waals surface area contributed by atoms with Crippen LogP contribution < -0.4 is 0 Å². The van der Waals surface area contributed by atoms with Crippen LogP contribution in [0.5, 0.6) is 0 Å². The van der Waals surface area contributed by atoms with Crippen LogP contribution in [-0.2, 0) is 21.9 Å². The van der Waals surface area contributed by atoms with Gasteiger partial charge in [-0.15, -0.1) is 0 Å². The predicted molar refractivity (Wildman–Crippen MR) is 110 cm³/mol. The average Bonchev–Trinajstić information content (AvgIpc) is 2.71. The highest BCUT2D eigenvalue weighted by Crippen LogP contribution is 2.29. The van der Waals surface area contributed by atoms with Crippen molar-refractivity contribution in [3.8, 4) is 0 Å². The maximum Gasteiger partial charge on any atom is 0.335 e. The number of benzene rings is 3. The van der Waals surface area contributed by atoms with Gasteiger partial charge in [0.1, 0.15) is 0 Å². The molecule has 0 aromatic heterocycles. The SMILES string of the molecule is O=C(O)c1cc(CCc2ccccc2)c(C(=O)c2ccccc2)c(S(=O)(=O)Cl)c1. The molecular formula is C22H17ClO5S. The van der Waals surface area contributed by atoms with Gasteiger partial charge in [-0.2, -0.15) is 0 Å². The minimum absolute atomic E-state index is 0.0906. The van der Waals surface area contributed by atoms with Crippen LogP contribution in [0.1, 0.15) is 37.4 Å². The van der Waals surface area contributed by atoms with Crippen molar-refractivity contribution in [3.63, 3.8) is 0 Å². The molecule has 0 aliphatic carbocycles. The van der Waals surface area contributed by atoms with E-state index in [1.54, 1.807) is 30.3 Å². The van der Waals surface area contributed by atoms with E-state index in [0.29, 0.717) is 12.0 Å². The maximum atomic E-state index is 13.2. The van der Waals surface area contributed by atoms with Gasteiger partial charge in [0.15, 0.2) is 5.78 Å². The van der Waals surface area contributed by atoms with Crippen LogP contribution >= 0.6 is 10.7 Å². The molecule has 0 bridgehead atoms. The molecule has 0 fully saturated rings. The normalized spacial score (nSPS) is 11.2. The molecule has 5 nitrogen and oxygen atoms in total. The smallest absolute Gasteiger partial charge is 0.335 e. The molecule has 7 heteroatoms. The van der Waals surface area contributed by atoms with Crippen LogP contribution in [0.2, 0.25) is 0 Å². The van der Waals surface area contributed by atoms with E-state index in [-0.39, 0.29) is 23.1 Å². The van der Waals surface area contributed by atoms with Crippen molar-refractivity contribution in [2.75, 3.05) is 0 Å². The van der Waals surface area contributed by atoms with Crippen molar-refractivity contribution in [1.82, 2.24) is 0 Å². The molecule has 3 rings (SSSR count). The van der Waals surface area contributed by atoms with E-state index < -0.39 is 25.7 Å². The Balaban J connectivity index is 2.18. The summed E-state index contributed by atoms with van der Waals surface area (Å²) in [5, 5.41) is 9.41. The van der Waals surface area contributed by atoms with Crippen molar-refractivity contribution in [3.05, 3.63) is 101 Å². The first-order chi connectivity index (χ1) is 13.8. The van der Waals surface area contributed by atoms with E-state index in [4.69, 9.17) is 10.7 Å². The topological polar surface area (TPSA) is 88.5 Å². The summed E-state index contributed by atoms with van der Waals surface area (Å²) >= 11 is 0. The van der Waals surface area contributed by atoms with E-state index in [9.17, 15) is 23.1 Å². The van der Waals surface area contributed by atoms with Crippen molar-refractivity contribution >= 4 is 31.5 Å². The van der Waals surface area contributed by atoms with Gasteiger partial charge in [0.05, 0.1) is 10.5 Å². The van der Waals surface area contributed by atoms with Crippen LogP contribution in [0.4, 0.5) is 0 Å². The van der Waals surface area contributed by atoms with Crippen LogP contribution in [0.25, 0.3) is 0 Å². The van der Waals surface area contributed by atoms with Crippen molar-refractivity contribution in [2.24, 2.45) is 0 Å². The Morgan fingerprint density at radius 3 is 1.97 bits per heavy atom. The molecule has 0 saturated carbocycles. The summed E-state index contributed by atoms with van der Waals surface area (Å²) < 4.78 is 24.4. The van der Waals surface area contributed by atoms with Crippen LogP contribution in [-0.4, -0.2) is 25.3 Å². The number of hydrogen-bond acceptors (Lipinski definition) is 4. The van der Waals surface area contributed by atoms with Gasteiger partial charge in [-0.3, -0.25) is 4.79 Å². The summed E-state index contributed by atoms with van der Waals surface area (Å²) in [6, 6.07) is 19.9. The third-order valence-electron chi connectivity index (χ3n) is 4.48. The number of carboxylic acids is 1. The number of carbonyl (C=O) groups is 2. The molecule has 0 atom stereocenters. The number of hydrogen-bond donors (Lipinski definition) is 1. The summed E-state index contributed by atoms with van der Waals surface area (Å²) in [6.07, 6.45) is 0.777. The van der Waals surface area contributed by atoms with Gasteiger partial charge in [-0.05, 0) is 36.1 Å². The Morgan fingerprint density at radius 1 is 0.828 bits per heavy atom. The lowest BCUT2D eigenvalue weighted by atomic mass is 9.92. The second kappa shape index (κ2) is 8.59. The number of aryl methyl sites for hydroxylation is 2. The number of aromatic carboxylic acids is 1. The summed E-state index contributed by atoms with van der Waals surface area (Å²) in [6.45, 7) is 0. The molecule has 3 aromatic rings. The molecule has 0 unspecified atom stereocenters. The van der Waals surface area contributed by atoms with Gasteiger partial charge in [-0.1, -0.05) is 60.7 Å². The van der Waals surface area contributed by atoms with E-state index in [0.717, 1.165) is 11.6 Å². The molecule has 0 aliphatic rings. The van der Waals surface area contributed by atoms with E-state index >= 15 is 0 Å². The van der Waals surface area contributed by atoms with E-state index in [2.05, 4.69) is 0 Å². The zero-order chi connectivity index (χ0) is 21.0. The van der Waals surface area contributed by atoms with Gasteiger partial charge >= 0.3 is 5.97 Å². The fraction of sp³-hybridized carbons (Fsp3) is 0.0909. The number of rotatable bonds is 7. The highest BCUT2D eigenvalue weighted by molar-refractivity contribution is 8.13. The molecular weight excluding hydrogens is 412 g/mol. The molecule has 0 heterocycles. The number of carbonyl (C=O) groups excluding carboxylic acids is 1. The van der Waals surface area contributed by atoms with Crippen molar-refractivity contribution in [2.45, 2.75) is 17.7 Å². The van der Waals surface area contributed by atoms with E-state index in [1.165, 1.54) is 6.07 Å². The van der Waals surface area contributed by atoms with Crippen LogP contribution in [0.15, 0.2) is 77.7 Å². The number of ketones is 1. The zero-order valence-electron chi connectivity index (χ0n) is 15.2. The second-order valence-electron chi connectivity index (χ2n) is 6.43. The van der Waals surface area contributed by atoms with Gasteiger partial charge in [-0.25, -0.2) is 13.2 Å². The number of carboxylic acid groups (broad SMARTS) is 1. The molecule has 0 radical (unpaired) electrons. The fourth-order valence-corrected chi connectivity index (χ4v) is 4.20. The van der Waals surface area contributed by atoms with Gasteiger partial charge < -0.3 is 5.11 Å². The van der Waals surface area contributed by atoms with Gasteiger partial charge in [0.2, 0.25) is 0 Å². The largest absolute Gasteiger partial charge is 0.478 e. The third kappa shape index (κ3) is 4.91. The lowest BCUT2D eigenvalue weighted by molar-refractivity contribution is 0.0696. The highest BCUT2D eigenvalue weighted by Gasteiger charge is 2.27. The summed E-state index contributed by atoms with van der Waals surface area (Å²) in [5.74, 6) is -1.82. The average molecular weight is 429 g/mol. The van der Waals surface area contributed by atoms with Crippen LogP contribution in [0.3, 0.4) is 0 Å². The quantitative estimate of drug-likeness (QED) is 0.447. The third-order valence-corrected chi connectivity index (χ3v) is 5.83. The lowest BCUT2D eigenvalue weighted by Gasteiger charge is -2.14. The van der Waals surface area contributed by atoms with Crippen molar-refractivity contribution < 1.29 is 23.1 Å². The van der Waals surface area contributed by atoms with Gasteiger partial charge in [0, 0.05) is 21.8 Å². The zero-order valence-corrected chi connectivity index (χ0v) is 16.8. The maximum absolute atomic E-state index is 13.2. The Kier molecular flexibility index (Phi) is 6.15. The van der Waals surface area contributed by atoms with Crippen molar-refractivity contribution in [1.29, 1.82) is 0 Å². The Labute approximate surface area is 173 Å². The first-order valence-electron chi connectivity index (χ1n) is 8.76. The van der Waals surface area contributed by atoms with Gasteiger partial charge in [0.25, 0.3) is 9.05 Å². The first kappa shape index (κ1) is 20.8. The lowest BCUT2D eigenvalue weighted by Crippen LogP contribution is -2.14. The Hall–Kier alpha value is -2.96. The Morgan fingerprint density at radius 2 is 1.41 bits per heavy atom. The molecule has 0 spiro atoms. The minimum Gasteiger partial charge on any atom is -0.478 e. The summed E-state index contributed by atoms with van der Waals surface area (Å²) in [4.78, 5) is 24.2. The highest BCUT2D eigenvalue weighted by atomic mass is 35.7. The molecule has 1 N–H and O–H groups in total. The van der Waals surface area contributed by atoms with E-state index in [1.807, 2.05) is 30.3 Å². The second-order valence-corrected chi connectivity index (χ2v) is 8.97. The molecule has 3 aromatic carbocycles. The molecule has 0 saturated heterocycles. The molecule has 29 heavy (non-hydrogen) atoms. The summed E-state index contributed by atoms with van der Waals surface area (Å²) in [5.41, 5.74) is 1.26. The molecule has 0 aliphatic heterocycles. The fourth-order valence-electron chi connectivity index (χ4n) is 3.10. The standard InChI is InChI=1S/C22H17ClO5S/c23-29(27,28)19-14-18(22(25)26)13-17(12-11-15-7-3-1-4-8-15)20(19)21(24)16-9-5-2-6-10-16/h1-10,13-14H,11-12H2,(H,25,26). The monoisotopic (exact) mass is 428 g/mol.